The van der Waals surface area contributed by atoms with Crippen LogP contribution in [-0.4, -0.2) is 11.3 Å². The van der Waals surface area contributed by atoms with Gasteiger partial charge in [-0.2, -0.15) is 0 Å². The molecule has 0 spiro atoms. The van der Waals surface area contributed by atoms with Crippen LogP contribution in [0, 0.1) is 0 Å². The largest absolute Gasteiger partial charge is 0.500 e. The predicted octanol–water partition coefficient (Wildman–Crippen LogP) is 0.692. The van der Waals surface area contributed by atoms with Gasteiger partial charge in [0.1, 0.15) is 0 Å². The number of hydrazine groups is 2. The highest BCUT2D eigenvalue weighted by molar-refractivity contribution is 4.97. The van der Waals surface area contributed by atoms with Crippen molar-refractivity contribution < 1.29 is 13.2 Å². The fourth-order valence-electron chi connectivity index (χ4n) is 0.543. The number of halogens is 3. The fourth-order valence-corrected chi connectivity index (χ4v) is 0.543. The average molecular weight is 153 g/mol. The molecule has 0 aliphatic carbocycles. The fraction of sp³-hybridized carbons (Fsp3) is 0.500. The topological polar surface area (TPSA) is 27.3 Å². The molecule has 0 aromatic rings. The van der Waals surface area contributed by atoms with Crippen molar-refractivity contribution in [1.29, 1.82) is 0 Å². The molecule has 1 rings (SSSR count). The third-order valence-electron chi connectivity index (χ3n) is 0.969. The van der Waals surface area contributed by atoms with Gasteiger partial charge in [-0.3, -0.25) is 0 Å². The van der Waals surface area contributed by atoms with E-state index in [0.29, 0.717) is 5.70 Å². The molecule has 2 N–H and O–H groups in total. The van der Waals surface area contributed by atoms with Crippen LogP contribution in [0.1, 0.15) is 6.92 Å². The van der Waals surface area contributed by atoms with Crippen LogP contribution in [0.25, 0.3) is 0 Å². The van der Waals surface area contributed by atoms with Crippen LogP contribution in [0.4, 0.5) is 13.2 Å². The Morgan fingerprint density at radius 1 is 1.50 bits per heavy atom. The molecule has 1 aliphatic heterocycles. The number of hydrogen-bond donors (Lipinski definition) is 2. The lowest BCUT2D eigenvalue weighted by Crippen LogP contribution is -2.44. The summed E-state index contributed by atoms with van der Waals surface area (Å²) in [7, 11) is 0. The summed E-state index contributed by atoms with van der Waals surface area (Å²) in [5.41, 5.74) is 4.63. The Kier molecular flexibility index (Phi) is 1.47. The maximum Gasteiger partial charge on any atom is 0.500 e. The first-order chi connectivity index (χ1) is 4.50. The maximum absolute atomic E-state index is 11.7. The summed E-state index contributed by atoms with van der Waals surface area (Å²) < 4.78 is 35.1. The molecule has 0 saturated heterocycles. The molecule has 0 bridgehead atoms. The van der Waals surface area contributed by atoms with Gasteiger partial charge in [-0.05, 0) is 6.92 Å². The van der Waals surface area contributed by atoms with E-state index in [-0.39, 0.29) is 5.01 Å². The normalized spacial score (nSPS) is 18.8. The van der Waals surface area contributed by atoms with Gasteiger partial charge in [-0.25, -0.2) is 5.01 Å². The first kappa shape index (κ1) is 7.20. The van der Waals surface area contributed by atoms with E-state index in [1.54, 1.807) is 0 Å². The predicted molar refractivity (Wildman–Crippen MR) is 27.9 cm³/mol. The van der Waals surface area contributed by atoms with Crippen molar-refractivity contribution in [3.05, 3.63) is 11.9 Å². The molecule has 0 radical (unpaired) electrons. The number of allylic oxidation sites excluding steroid dienone is 1. The molecule has 0 amide bonds. The first-order valence-electron chi connectivity index (χ1n) is 2.56. The van der Waals surface area contributed by atoms with Gasteiger partial charge in [0, 0.05) is 11.9 Å². The number of nitrogens with one attached hydrogen (secondary N) is 2. The zero-order valence-corrected chi connectivity index (χ0v) is 5.16. The molecule has 0 aromatic carbocycles. The highest BCUT2D eigenvalue weighted by Gasteiger charge is 2.37. The van der Waals surface area contributed by atoms with E-state index >= 15 is 0 Å². The Labute approximate surface area is 55.4 Å². The minimum absolute atomic E-state index is 0.0440. The van der Waals surface area contributed by atoms with Crippen molar-refractivity contribution in [2.75, 3.05) is 0 Å². The minimum atomic E-state index is -4.36. The third kappa shape index (κ3) is 1.32. The van der Waals surface area contributed by atoms with Crippen LogP contribution >= 0.6 is 0 Å². The van der Waals surface area contributed by atoms with E-state index < -0.39 is 6.30 Å². The Balaban J connectivity index is 2.61. The Morgan fingerprint density at radius 3 is 2.30 bits per heavy atom. The third-order valence-corrected chi connectivity index (χ3v) is 0.969. The first-order valence-corrected chi connectivity index (χ1v) is 2.56. The van der Waals surface area contributed by atoms with Crippen LogP contribution in [0.5, 0.6) is 0 Å². The molecule has 3 nitrogen and oxygen atoms in total. The molecule has 10 heavy (non-hydrogen) atoms. The number of rotatable bonds is 0. The Hall–Kier alpha value is -0.910. The van der Waals surface area contributed by atoms with E-state index in [9.17, 15) is 13.2 Å². The van der Waals surface area contributed by atoms with Crippen molar-refractivity contribution in [3.63, 3.8) is 0 Å². The second kappa shape index (κ2) is 2.05. The van der Waals surface area contributed by atoms with Gasteiger partial charge < -0.3 is 5.43 Å². The van der Waals surface area contributed by atoms with E-state index in [2.05, 4.69) is 5.43 Å². The lowest BCUT2D eigenvalue weighted by molar-refractivity contribution is -0.243. The minimum Gasteiger partial charge on any atom is -0.307 e. The van der Waals surface area contributed by atoms with Gasteiger partial charge >= 0.3 is 6.30 Å². The summed E-state index contributed by atoms with van der Waals surface area (Å²) in [5, 5.41) is 0.0440. The second-order valence-corrected chi connectivity index (χ2v) is 1.89. The molecule has 0 aromatic heterocycles. The van der Waals surface area contributed by atoms with Crippen molar-refractivity contribution in [2.24, 2.45) is 0 Å². The zero-order chi connectivity index (χ0) is 7.78. The Morgan fingerprint density at radius 2 is 2.10 bits per heavy atom. The molecular formula is C4H6F3N3. The maximum atomic E-state index is 11.7. The molecule has 0 atom stereocenters. The lowest BCUT2D eigenvalue weighted by atomic mass is 10.6. The summed E-state index contributed by atoms with van der Waals surface area (Å²) in [6.07, 6.45) is -3.43. The molecule has 0 unspecified atom stereocenters. The van der Waals surface area contributed by atoms with Gasteiger partial charge in [-0.15, -0.1) is 18.7 Å². The van der Waals surface area contributed by atoms with E-state index in [1.165, 1.54) is 6.92 Å². The standard InChI is InChI=1S/C4H6F3N3/c1-3-2-10(9-8-3)4(5,6)7/h2,8-9H,1H3. The SMILES string of the molecule is CC1=CN(C(F)(F)F)NN1. The quantitative estimate of drug-likeness (QED) is 0.501. The van der Waals surface area contributed by atoms with Gasteiger partial charge in [-0.1, -0.05) is 0 Å². The number of alkyl halides is 3. The van der Waals surface area contributed by atoms with E-state index in [4.69, 9.17) is 0 Å². The van der Waals surface area contributed by atoms with Crippen molar-refractivity contribution in [2.45, 2.75) is 13.2 Å². The van der Waals surface area contributed by atoms with Crippen molar-refractivity contribution in [1.82, 2.24) is 16.0 Å². The zero-order valence-electron chi connectivity index (χ0n) is 5.16. The highest BCUT2D eigenvalue weighted by atomic mass is 19.4. The van der Waals surface area contributed by atoms with Crippen LogP contribution in [0.15, 0.2) is 11.9 Å². The van der Waals surface area contributed by atoms with E-state index in [1.807, 2.05) is 5.53 Å². The van der Waals surface area contributed by atoms with Crippen LogP contribution in [0.2, 0.25) is 0 Å². The van der Waals surface area contributed by atoms with Gasteiger partial charge in [0.05, 0.1) is 0 Å². The van der Waals surface area contributed by atoms with Gasteiger partial charge in [0.25, 0.3) is 0 Å². The van der Waals surface area contributed by atoms with Gasteiger partial charge in [0.15, 0.2) is 0 Å². The molecule has 1 heterocycles. The molecule has 0 saturated carbocycles. The monoisotopic (exact) mass is 153 g/mol. The molecule has 1 aliphatic rings. The molecular weight excluding hydrogens is 147 g/mol. The van der Waals surface area contributed by atoms with Crippen LogP contribution in [0.3, 0.4) is 0 Å². The summed E-state index contributed by atoms with van der Waals surface area (Å²) in [4.78, 5) is 0. The van der Waals surface area contributed by atoms with E-state index in [0.717, 1.165) is 6.20 Å². The van der Waals surface area contributed by atoms with Crippen LogP contribution in [-0.2, 0) is 0 Å². The number of hydrogen-bond acceptors (Lipinski definition) is 3. The smallest absolute Gasteiger partial charge is 0.307 e. The number of nitrogens with zero attached hydrogens (tertiary/aromatic N) is 1. The summed E-state index contributed by atoms with van der Waals surface area (Å²) in [6, 6.07) is 0. The van der Waals surface area contributed by atoms with Crippen LogP contribution < -0.4 is 11.0 Å². The van der Waals surface area contributed by atoms with Crippen molar-refractivity contribution in [3.8, 4) is 0 Å². The Bertz CT molecular complexity index is 162. The summed E-state index contributed by atoms with van der Waals surface area (Å²) in [6.45, 7) is 1.53. The van der Waals surface area contributed by atoms with Gasteiger partial charge in [0.2, 0.25) is 0 Å². The highest BCUT2D eigenvalue weighted by Crippen LogP contribution is 2.20. The molecule has 6 heteroatoms. The van der Waals surface area contributed by atoms with Crippen molar-refractivity contribution >= 4 is 0 Å². The second-order valence-electron chi connectivity index (χ2n) is 1.89. The summed E-state index contributed by atoms with van der Waals surface area (Å²) >= 11 is 0. The summed E-state index contributed by atoms with van der Waals surface area (Å²) in [5.74, 6) is 0. The molecule has 58 valence electrons. The average Bonchev–Trinajstić information content (AvgIpc) is 2.11. The lowest BCUT2D eigenvalue weighted by Gasteiger charge is -2.17. The molecule has 0 fully saturated rings.